The molecule has 0 aliphatic rings. The van der Waals surface area contributed by atoms with Crippen LogP contribution in [0.3, 0.4) is 0 Å². The molecule has 0 atom stereocenters. The van der Waals surface area contributed by atoms with Gasteiger partial charge in [-0.3, -0.25) is 0 Å². The monoisotopic (exact) mass is 298 g/mol. The number of hydrogen-bond donors (Lipinski definition) is 1. The number of aromatic carboxylic acids is 1. The Hall–Kier alpha value is -2.28. The Morgan fingerprint density at radius 1 is 1.45 bits per heavy atom. The van der Waals surface area contributed by atoms with E-state index in [1.54, 1.807) is 6.92 Å². The lowest BCUT2D eigenvalue weighted by Crippen LogP contribution is -2.05. The first kappa shape index (κ1) is 14.1. The second kappa shape index (κ2) is 5.79. The summed E-state index contributed by atoms with van der Waals surface area (Å²) in [5.41, 5.74) is -0.106. The number of rotatable bonds is 5. The summed E-state index contributed by atoms with van der Waals surface area (Å²) in [6, 6.07) is 2.74. The quantitative estimate of drug-likeness (QED) is 0.905. The predicted octanol–water partition coefficient (Wildman–Crippen LogP) is 2.32. The van der Waals surface area contributed by atoms with Crippen LogP contribution >= 0.6 is 11.6 Å². The Morgan fingerprint density at radius 3 is 2.75 bits per heavy atom. The van der Waals surface area contributed by atoms with E-state index >= 15 is 0 Å². The van der Waals surface area contributed by atoms with Crippen molar-refractivity contribution in [2.45, 2.75) is 13.5 Å². The molecule has 20 heavy (non-hydrogen) atoms. The average Bonchev–Trinajstić information content (AvgIpc) is 2.81. The van der Waals surface area contributed by atoms with Crippen molar-refractivity contribution in [3.05, 3.63) is 34.5 Å². The van der Waals surface area contributed by atoms with Crippen LogP contribution in [0.25, 0.3) is 0 Å². The topological polar surface area (TPSA) is 94.7 Å². The molecule has 0 amide bonds. The second-order valence-corrected chi connectivity index (χ2v) is 4.23. The number of halogens is 1. The summed E-state index contributed by atoms with van der Waals surface area (Å²) >= 11 is 5.83. The summed E-state index contributed by atoms with van der Waals surface area (Å²) in [5.74, 6) is -0.283. The van der Waals surface area contributed by atoms with Gasteiger partial charge >= 0.3 is 5.97 Å². The maximum atomic E-state index is 11.2. The van der Waals surface area contributed by atoms with Crippen LogP contribution < -0.4 is 9.47 Å². The lowest BCUT2D eigenvalue weighted by atomic mass is 10.2. The summed E-state index contributed by atoms with van der Waals surface area (Å²) in [7, 11) is 1.39. The maximum Gasteiger partial charge on any atom is 0.339 e. The van der Waals surface area contributed by atoms with E-state index in [2.05, 4.69) is 10.2 Å². The normalized spacial score (nSPS) is 10.3. The zero-order valence-electron chi connectivity index (χ0n) is 10.7. The molecule has 0 aliphatic carbocycles. The van der Waals surface area contributed by atoms with E-state index in [9.17, 15) is 4.79 Å². The molecule has 0 aliphatic heterocycles. The molecule has 0 fully saturated rings. The largest absolute Gasteiger partial charge is 0.493 e. The summed E-state index contributed by atoms with van der Waals surface area (Å²) in [6.07, 6.45) is 0. The number of hydrogen-bond acceptors (Lipinski definition) is 6. The zero-order chi connectivity index (χ0) is 14.7. The molecule has 0 spiro atoms. The lowest BCUT2D eigenvalue weighted by Gasteiger charge is -2.12. The summed E-state index contributed by atoms with van der Waals surface area (Å²) < 4.78 is 15.6. The second-order valence-electron chi connectivity index (χ2n) is 3.79. The molecule has 1 aromatic carbocycles. The molecule has 1 heterocycles. The highest BCUT2D eigenvalue weighted by Gasteiger charge is 2.19. The van der Waals surface area contributed by atoms with Crippen LogP contribution in [0.1, 0.15) is 22.1 Å². The molecule has 0 saturated heterocycles. The lowest BCUT2D eigenvalue weighted by molar-refractivity contribution is 0.0690. The van der Waals surface area contributed by atoms with Crippen LogP contribution in [0.4, 0.5) is 0 Å². The van der Waals surface area contributed by atoms with E-state index in [4.69, 9.17) is 30.6 Å². The van der Waals surface area contributed by atoms with Crippen molar-refractivity contribution in [2.24, 2.45) is 0 Å². The fraction of sp³-hybridized carbons (Fsp3) is 0.250. The van der Waals surface area contributed by atoms with Gasteiger partial charge in [0.1, 0.15) is 5.56 Å². The van der Waals surface area contributed by atoms with Crippen LogP contribution in [-0.4, -0.2) is 28.4 Å². The minimum Gasteiger partial charge on any atom is -0.493 e. The van der Waals surface area contributed by atoms with Crippen LogP contribution in [0.5, 0.6) is 11.5 Å². The number of nitrogens with zero attached hydrogens (tertiary/aromatic N) is 2. The number of aromatic nitrogens is 2. The van der Waals surface area contributed by atoms with Gasteiger partial charge in [-0.25, -0.2) is 4.79 Å². The van der Waals surface area contributed by atoms with Gasteiger partial charge in [-0.2, -0.15) is 0 Å². The SMILES string of the molecule is COc1cc(Cl)cc(C(=O)O)c1OCc1nnc(C)o1. The molecule has 8 heteroatoms. The van der Waals surface area contributed by atoms with E-state index in [1.165, 1.54) is 19.2 Å². The molecule has 2 rings (SSSR count). The standard InChI is InChI=1S/C12H11ClN2O5/c1-6-14-15-10(20-6)5-19-11-8(12(16)17)3-7(13)4-9(11)18-2/h3-4H,5H2,1-2H3,(H,16,17). The van der Waals surface area contributed by atoms with Gasteiger partial charge in [-0.05, 0) is 6.07 Å². The molecule has 0 unspecified atom stereocenters. The number of ether oxygens (including phenoxy) is 2. The highest BCUT2D eigenvalue weighted by molar-refractivity contribution is 6.31. The third-order valence-electron chi connectivity index (χ3n) is 2.38. The van der Waals surface area contributed by atoms with Crippen LogP contribution in [-0.2, 0) is 6.61 Å². The predicted molar refractivity (Wildman–Crippen MR) is 68.3 cm³/mol. The van der Waals surface area contributed by atoms with Gasteiger partial charge in [-0.15, -0.1) is 10.2 Å². The first-order chi connectivity index (χ1) is 9.51. The van der Waals surface area contributed by atoms with Crippen molar-refractivity contribution in [2.75, 3.05) is 7.11 Å². The molecular formula is C12H11ClN2O5. The van der Waals surface area contributed by atoms with Crippen LogP contribution in [0, 0.1) is 6.92 Å². The first-order valence-electron chi connectivity index (χ1n) is 5.54. The van der Waals surface area contributed by atoms with Gasteiger partial charge in [0, 0.05) is 18.0 Å². The number of methoxy groups -OCH3 is 1. The van der Waals surface area contributed by atoms with E-state index < -0.39 is 5.97 Å². The van der Waals surface area contributed by atoms with Gasteiger partial charge < -0.3 is 19.0 Å². The Balaban J connectivity index is 2.31. The highest BCUT2D eigenvalue weighted by atomic mass is 35.5. The van der Waals surface area contributed by atoms with Gasteiger partial charge in [0.2, 0.25) is 5.89 Å². The molecule has 106 valence electrons. The van der Waals surface area contributed by atoms with E-state index in [0.717, 1.165) is 0 Å². The minimum atomic E-state index is -1.18. The van der Waals surface area contributed by atoms with E-state index in [0.29, 0.717) is 5.89 Å². The number of carboxylic acid groups (broad SMARTS) is 1. The van der Waals surface area contributed by atoms with Gasteiger partial charge in [0.15, 0.2) is 18.1 Å². The number of carboxylic acids is 1. The molecule has 2 aromatic rings. The van der Waals surface area contributed by atoms with Crippen molar-refractivity contribution >= 4 is 17.6 Å². The van der Waals surface area contributed by atoms with Crippen molar-refractivity contribution < 1.29 is 23.8 Å². The summed E-state index contributed by atoms with van der Waals surface area (Å²) in [5, 5.41) is 16.8. The van der Waals surface area contributed by atoms with Crippen molar-refractivity contribution in [3.63, 3.8) is 0 Å². The smallest absolute Gasteiger partial charge is 0.339 e. The fourth-order valence-corrected chi connectivity index (χ4v) is 1.77. The van der Waals surface area contributed by atoms with E-state index in [1.807, 2.05) is 0 Å². The summed E-state index contributed by atoms with van der Waals surface area (Å²) in [6.45, 7) is 1.57. The Labute approximate surface area is 119 Å². The molecule has 0 radical (unpaired) electrons. The molecular weight excluding hydrogens is 288 g/mol. The molecule has 7 nitrogen and oxygen atoms in total. The fourth-order valence-electron chi connectivity index (χ4n) is 1.56. The number of benzene rings is 1. The Kier molecular flexibility index (Phi) is 4.09. The van der Waals surface area contributed by atoms with Gasteiger partial charge in [0.05, 0.1) is 7.11 Å². The average molecular weight is 299 g/mol. The van der Waals surface area contributed by atoms with Crippen molar-refractivity contribution in [1.29, 1.82) is 0 Å². The van der Waals surface area contributed by atoms with Crippen molar-refractivity contribution in [3.8, 4) is 11.5 Å². The number of carbonyl (C=O) groups is 1. The third kappa shape index (κ3) is 3.00. The molecule has 0 saturated carbocycles. The Morgan fingerprint density at radius 2 is 2.20 bits per heavy atom. The number of aryl methyl sites for hydroxylation is 1. The Bertz CT molecular complexity index is 641. The van der Waals surface area contributed by atoms with Gasteiger partial charge in [0.25, 0.3) is 5.89 Å². The zero-order valence-corrected chi connectivity index (χ0v) is 11.5. The summed E-state index contributed by atoms with van der Waals surface area (Å²) in [4.78, 5) is 11.2. The maximum absolute atomic E-state index is 11.2. The molecule has 1 N–H and O–H groups in total. The first-order valence-corrected chi connectivity index (χ1v) is 5.91. The minimum absolute atomic E-state index is 0.0558. The van der Waals surface area contributed by atoms with Crippen LogP contribution in [0.2, 0.25) is 5.02 Å². The molecule has 0 bridgehead atoms. The highest BCUT2D eigenvalue weighted by Crippen LogP contribution is 2.35. The van der Waals surface area contributed by atoms with E-state index in [-0.39, 0.29) is 34.6 Å². The van der Waals surface area contributed by atoms with Gasteiger partial charge in [-0.1, -0.05) is 11.6 Å². The van der Waals surface area contributed by atoms with Crippen LogP contribution in [0.15, 0.2) is 16.5 Å². The molecule has 1 aromatic heterocycles. The van der Waals surface area contributed by atoms with Crippen molar-refractivity contribution in [1.82, 2.24) is 10.2 Å². The third-order valence-corrected chi connectivity index (χ3v) is 2.60.